The van der Waals surface area contributed by atoms with E-state index in [1.165, 1.54) is 29.1 Å². The molecule has 14 nitrogen and oxygen atoms in total. The molecule has 14 heteroatoms. The molecule has 0 aliphatic rings. The van der Waals surface area contributed by atoms with E-state index in [0.29, 0.717) is 23.5 Å². The van der Waals surface area contributed by atoms with Crippen LogP contribution in [0.2, 0.25) is 0 Å². The van der Waals surface area contributed by atoms with E-state index in [2.05, 4.69) is 35.8 Å². The molecule has 172 valence electrons. The van der Waals surface area contributed by atoms with Gasteiger partial charge in [0.1, 0.15) is 11.4 Å². The quantitative estimate of drug-likeness (QED) is 0.222. The molecule has 3 N–H and O–H groups in total. The predicted molar refractivity (Wildman–Crippen MR) is 118 cm³/mol. The smallest absolute Gasteiger partial charge is 0.294 e. The molecule has 2 aromatic carbocycles. The SMILES string of the molecule is CCOc1ccc(-c2c(C(=O)N/N=C/c3cccc([N+](=O)[O-])c3)nnn2-c2nonc2N)cc1. The monoisotopic (exact) mass is 463 g/mol. The predicted octanol–water partition coefficient (Wildman–Crippen LogP) is 1.97. The zero-order valence-corrected chi connectivity index (χ0v) is 17.7. The lowest BCUT2D eigenvalue weighted by Gasteiger charge is -2.07. The number of hydrazone groups is 1. The number of non-ortho nitro benzene ring substituents is 1. The highest BCUT2D eigenvalue weighted by Gasteiger charge is 2.25. The summed E-state index contributed by atoms with van der Waals surface area (Å²) < 4.78 is 11.3. The van der Waals surface area contributed by atoms with Crippen molar-refractivity contribution < 1.29 is 19.1 Å². The Morgan fingerprint density at radius 3 is 2.76 bits per heavy atom. The summed E-state index contributed by atoms with van der Waals surface area (Å²) in [6.45, 7) is 2.36. The van der Waals surface area contributed by atoms with Gasteiger partial charge in [-0.2, -0.15) is 9.78 Å². The van der Waals surface area contributed by atoms with Crippen LogP contribution in [0, 0.1) is 10.1 Å². The summed E-state index contributed by atoms with van der Waals surface area (Å²) in [5.74, 6) is -0.0458. The van der Waals surface area contributed by atoms with Crippen LogP contribution in [0.15, 0.2) is 58.3 Å². The van der Waals surface area contributed by atoms with Crippen molar-refractivity contribution in [2.24, 2.45) is 5.10 Å². The number of hydrogen-bond acceptors (Lipinski definition) is 11. The van der Waals surface area contributed by atoms with Crippen LogP contribution in [0.3, 0.4) is 0 Å². The number of nitro groups is 1. The summed E-state index contributed by atoms with van der Waals surface area (Å²) in [5.41, 5.74) is 9.20. The summed E-state index contributed by atoms with van der Waals surface area (Å²) >= 11 is 0. The van der Waals surface area contributed by atoms with Crippen LogP contribution in [0.1, 0.15) is 23.0 Å². The molecule has 4 rings (SSSR count). The highest BCUT2D eigenvalue weighted by Crippen LogP contribution is 2.28. The summed E-state index contributed by atoms with van der Waals surface area (Å²) in [4.78, 5) is 23.3. The van der Waals surface area contributed by atoms with Crippen LogP contribution < -0.4 is 15.9 Å². The van der Waals surface area contributed by atoms with Gasteiger partial charge in [-0.3, -0.25) is 14.9 Å². The lowest BCUT2D eigenvalue weighted by atomic mass is 10.1. The maximum Gasteiger partial charge on any atom is 0.294 e. The molecule has 0 saturated heterocycles. The van der Waals surface area contributed by atoms with E-state index in [9.17, 15) is 14.9 Å². The average Bonchev–Trinajstić information content (AvgIpc) is 3.46. The third-order valence-corrected chi connectivity index (χ3v) is 4.48. The minimum absolute atomic E-state index is 0.0484. The molecule has 2 aromatic heterocycles. The number of nitrogens with zero attached hydrogens (tertiary/aromatic N) is 7. The van der Waals surface area contributed by atoms with Gasteiger partial charge in [0.25, 0.3) is 11.6 Å². The van der Waals surface area contributed by atoms with Crippen molar-refractivity contribution in [2.45, 2.75) is 6.92 Å². The van der Waals surface area contributed by atoms with E-state index in [1.54, 1.807) is 30.3 Å². The molecular formula is C20H17N9O5. The summed E-state index contributed by atoms with van der Waals surface area (Å²) in [6, 6.07) is 12.7. The number of rotatable bonds is 8. The average molecular weight is 463 g/mol. The normalized spacial score (nSPS) is 11.0. The first-order chi connectivity index (χ1) is 16.5. The number of nitro benzene ring substituents is 1. The van der Waals surface area contributed by atoms with Crippen molar-refractivity contribution in [2.75, 3.05) is 12.3 Å². The van der Waals surface area contributed by atoms with E-state index in [4.69, 9.17) is 10.5 Å². The number of hydrogen-bond donors (Lipinski definition) is 2. The van der Waals surface area contributed by atoms with Crippen LogP contribution in [0.4, 0.5) is 11.5 Å². The number of carbonyl (C=O) groups is 1. The third-order valence-electron chi connectivity index (χ3n) is 4.48. The van der Waals surface area contributed by atoms with Crippen molar-refractivity contribution >= 4 is 23.6 Å². The highest BCUT2D eigenvalue weighted by atomic mass is 16.6. The Labute approximate surface area is 191 Å². The van der Waals surface area contributed by atoms with E-state index >= 15 is 0 Å². The van der Waals surface area contributed by atoms with Crippen LogP contribution in [0.25, 0.3) is 17.1 Å². The van der Waals surface area contributed by atoms with Gasteiger partial charge in [0.15, 0.2) is 5.69 Å². The number of anilines is 1. The molecule has 0 unspecified atom stereocenters. The number of amides is 1. The Kier molecular flexibility index (Phi) is 6.20. The molecule has 0 atom stereocenters. The van der Waals surface area contributed by atoms with Gasteiger partial charge >= 0.3 is 0 Å². The van der Waals surface area contributed by atoms with Gasteiger partial charge in [-0.25, -0.2) is 10.1 Å². The molecule has 0 saturated carbocycles. The van der Waals surface area contributed by atoms with Crippen molar-refractivity contribution in [3.8, 4) is 22.8 Å². The van der Waals surface area contributed by atoms with Gasteiger partial charge in [0, 0.05) is 23.3 Å². The zero-order valence-electron chi connectivity index (χ0n) is 17.7. The summed E-state index contributed by atoms with van der Waals surface area (Å²) in [6.07, 6.45) is 1.27. The van der Waals surface area contributed by atoms with Crippen molar-refractivity contribution in [3.05, 3.63) is 69.9 Å². The van der Waals surface area contributed by atoms with E-state index in [0.717, 1.165) is 0 Å². The van der Waals surface area contributed by atoms with Crippen LogP contribution >= 0.6 is 0 Å². The van der Waals surface area contributed by atoms with Crippen molar-refractivity contribution in [1.82, 2.24) is 30.7 Å². The minimum Gasteiger partial charge on any atom is -0.494 e. The molecule has 34 heavy (non-hydrogen) atoms. The molecule has 2 heterocycles. The lowest BCUT2D eigenvalue weighted by Crippen LogP contribution is -2.19. The van der Waals surface area contributed by atoms with Crippen LogP contribution in [0.5, 0.6) is 5.75 Å². The van der Waals surface area contributed by atoms with Gasteiger partial charge in [-0.05, 0) is 41.5 Å². The summed E-state index contributed by atoms with van der Waals surface area (Å²) in [7, 11) is 0. The second kappa shape index (κ2) is 9.56. The van der Waals surface area contributed by atoms with E-state index in [-0.39, 0.29) is 28.7 Å². The topological polar surface area (TPSA) is 189 Å². The number of nitrogen functional groups attached to an aromatic ring is 1. The number of benzene rings is 2. The summed E-state index contributed by atoms with van der Waals surface area (Å²) in [5, 5.41) is 30.0. The van der Waals surface area contributed by atoms with Crippen molar-refractivity contribution in [1.29, 1.82) is 0 Å². The fraction of sp³-hybridized carbons (Fsp3) is 0.100. The van der Waals surface area contributed by atoms with E-state index in [1.807, 2.05) is 6.92 Å². The van der Waals surface area contributed by atoms with Gasteiger partial charge in [0.2, 0.25) is 11.6 Å². The molecule has 0 bridgehead atoms. The Morgan fingerprint density at radius 2 is 2.09 bits per heavy atom. The lowest BCUT2D eigenvalue weighted by molar-refractivity contribution is -0.384. The first-order valence-corrected chi connectivity index (χ1v) is 9.83. The highest BCUT2D eigenvalue weighted by molar-refractivity contribution is 5.98. The Morgan fingerprint density at radius 1 is 1.29 bits per heavy atom. The first kappa shape index (κ1) is 22.1. The minimum atomic E-state index is -0.688. The third kappa shape index (κ3) is 4.55. The van der Waals surface area contributed by atoms with Crippen LogP contribution in [-0.4, -0.2) is 49.0 Å². The molecule has 4 aromatic rings. The molecule has 0 spiro atoms. The fourth-order valence-corrected chi connectivity index (χ4v) is 2.99. The number of nitrogens with one attached hydrogen (secondary N) is 1. The molecule has 0 radical (unpaired) electrons. The maximum atomic E-state index is 12.9. The molecule has 1 amide bonds. The van der Waals surface area contributed by atoms with Crippen LogP contribution in [-0.2, 0) is 0 Å². The molecule has 0 aliphatic carbocycles. The number of aromatic nitrogens is 5. The second-order valence-corrected chi connectivity index (χ2v) is 6.68. The number of ether oxygens (including phenoxy) is 1. The number of carbonyl (C=O) groups excluding carboxylic acids is 1. The fourth-order valence-electron chi connectivity index (χ4n) is 2.99. The van der Waals surface area contributed by atoms with E-state index < -0.39 is 10.8 Å². The maximum absolute atomic E-state index is 12.9. The molecular weight excluding hydrogens is 446 g/mol. The standard InChI is InChI=1S/C20H17N9O5/c1-2-33-15-8-6-13(7-9-15)17-16(23-27-28(17)19-18(21)25-34-26-19)20(30)24-22-11-12-4-3-5-14(10-12)29(31)32/h3-11H,2H2,1H3,(H2,21,25)(H,24,30)/b22-11+. The van der Waals surface area contributed by atoms with Gasteiger partial charge in [-0.1, -0.05) is 17.3 Å². The Bertz CT molecular complexity index is 1360. The van der Waals surface area contributed by atoms with Gasteiger partial charge in [-0.15, -0.1) is 5.10 Å². The van der Waals surface area contributed by atoms with Crippen molar-refractivity contribution in [3.63, 3.8) is 0 Å². The second-order valence-electron chi connectivity index (χ2n) is 6.68. The van der Waals surface area contributed by atoms with Gasteiger partial charge < -0.3 is 10.5 Å². The molecule has 0 fully saturated rings. The Balaban J connectivity index is 1.65. The molecule has 0 aliphatic heterocycles. The number of nitrogens with two attached hydrogens (primary N) is 1. The zero-order chi connectivity index (χ0) is 24.1. The Hall–Kier alpha value is -5.14. The largest absolute Gasteiger partial charge is 0.494 e. The van der Waals surface area contributed by atoms with Gasteiger partial charge in [0.05, 0.1) is 17.7 Å². The first-order valence-electron chi connectivity index (χ1n) is 9.83.